The first kappa shape index (κ1) is 33.7. The SMILES string of the molecule is c1ccc(N(c2ccccc2)c2ccc3c(c2)C2(CCCC2)c2ccc4c5c(ccc-3c25)-c2ccc(N(c3ccccc3)c3ccccc3)cc2C42CCCC2)cc1. The summed E-state index contributed by atoms with van der Waals surface area (Å²) in [6.07, 6.45) is 9.82. The Morgan fingerprint density at radius 3 is 0.914 bits per heavy atom. The minimum atomic E-state index is -0.00656. The quantitative estimate of drug-likeness (QED) is 0.167. The summed E-state index contributed by atoms with van der Waals surface area (Å²) in [6, 6.07) is 68.5. The lowest BCUT2D eigenvalue weighted by Gasteiger charge is -2.43. The molecule has 2 heteroatoms. The number of rotatable bonds is 6. The summed E-state index contributed by atoms with van der Waals surface area (Å²) in [4.78, 5) is 4.87. The molecule has 4 aliphatic rings. The summed E-state index contributed by atoms with van der Waals surface area (Å²) in [5.41, 5.74) is 19.0. The zero-order valence-corrected chi connectivity index (χ0v) is 32.9. The van der Waals surface area contributed by atoms with Gasteiger partial charge in [0, 0.05) is 45.0 Å². The van der Waals surface area contributed by atoms with Crippen LogP contribution in [0.1, 0.15) is 73.6 Å². The van der Waals surface area contributed by atoms with E-state index in [1.54, 1.807) is 11.1 Å². The normalized spacial score (nSPS) is 16.3. The van der Waals surface area contributed by atoms with Crippen LogP contribution >= 0.6 is 0 Å². The van der Waals surface area contributed by atoms with Gasteiger partial charge in [-0.15, -0.1) is 0 Å². The first-order valence-corrected chi connectivity index (χ1v) is 21.4. The van der Waals surface area contributed by atoms with E-state index >= 15 is 0 Å². The van der Waals surface area contributed by atoms with Gasteiger partial charge in [-0.05, 0) is 154 Å². The number of fused-ring (bicyclic) bond motifs is 8. The molecule has 4 aliphatic carbocycles. The molecule has 12 rings (SSSR count). The number of anilines is 6. The van der Waals surface area contributed by atoms with Gasteiger partial charge in [0.15, 0.2) is 0 Å². The fraction of sp³-hybridized carbons (Fsp3) is 0.179. The molecule has 280 valence electrons. The van der Waals surface area contributed by atoms with Crippen molar-refractivity contribution in [1.29, 1.82) is 0 Å². The van der Waals surface area contributed by atoms with Crippen LogP contribution in [0.3, 0.4) is 0 Å². The number of benzene rings is 8. The van der Waals surface area contributed by atoms with Crippen LogP contribution in [-0.2, 0) is 10.8 Å². The molecule has 0 aliphatic heterocycles. The average molecular weight is 747 g/mol. The van der Waals surface area contributed by atoms with Crippen molar-refractivity contribution in [2.45, 2.75) is 62.2 Å². The molecule has 58 heavy (non-hydrogen) atoms. The molecule has 0 amide bonds. The van der Waals surface area contributed by atoms with Crippen LogP contribution in [-0.4, -0.2) is 0 Å². The van der Waals surface area contributed by atoms with Gasteiger partial charge in [0.05, 0.1) is 0 Å². The Balaban J connectivity index is 1.07. The van der Waals surface area contributed by atoms with E-state index in [9.17, 15) is 0 Å². The third kappa shape index (κ3) is 4.84. The van der Waals surface area contributed by atoms with Crippen LogP contribution in [0.4, 0.5) is 34.1 Å². The molecule has 0 radical (unpaired) electrons. The van der Waals surface area contributed by atoms with Crippen molar-refractivity contribution in [3.05, 3.63) is 204 Å². The monoisotopic (exact) mass is 746 g/mol. The van der Waals surface area contributed by atoms with E-state index < -0.39 is 0 Å². The third-order valence-electron chi connectivity index (χ3n) is 14.3. The number of hydrogen-bond donors (Lipinski definition) is 0. The fourth-order valence-electron chi connectivity index (χ4n) is 11.9. The first-order chi connectivity index (χ1) is 28.7. The van der Waals surface area contributed by atoms with E-state index in [1.165, 1.54) is 130 Å². The topological polar surface area (TPSA) is 6.48 Å². The fourth-order valence-corrected chi connectivity index (χ4v) is 11.9. The minimum absolute atomic E-state index is 0.00656. The van der Waals surface area contributed by atoms with Gasteiger partial charge in [-0.2, -0.15) is 0 Å². The summed E-state index contributed by atoms with van der Waals surface area (Å²) in [5, 5.41) is 3.05. The second-order valence-corrected chi connectivity index (χ2v) is 17.1. The van der Waals surface area contributed by atoms with Crippen LogP contribution < -0.4 is 9.80 Å². The molecule has 2 saturated carbocycles. The van der Waals surface area contributed by atoms with Crippen LogP contribution in [0, 0.1) is 0 Å². The molecule has 0 aromatic heterocycles. The van der Waals surface area contributed by atoms with Crippen molar-refractivity contribution in [2.75, 3.05) is 9.80 Å². The van der Waals surface area contributed by atoms with Gasteiger partial charge < -0.3 is 9.80 Å². The van der Waals surface area contributed by atoms with Crippen molar-refractivity contribution < 1.29 is 0 Å². The molecule has 0 unspecified atom stereocenters. The van der Waals surface area contributed by atoms with Crippen molar-refractivity contribution in [2.24, 2.45) is 0 Å². The molecule has 2 nitrogen and oxygen atoms in total. The average Bonchev–Trinajstić information content (AvgIpc) is 3.99. The van der Waals surface area contributed by atoms with Crippen molar-refractivity contribution >= 4 is 44.9 Å². The highest BCUT2D eigenvalue weighted by atomic mass is 15.1. The van der Waals surface area contributed by atoms with Gasteiger partial charge in [0.25, 0.3) is 0 Å². The molecule has 8 aromatic carbocycles. The Morgan fingerprint density at radius 2 is 0.586 bits per heavy atom. The van der Waals surface area contributed by atoms with E-state index in [1.807, 2.05) is 0 Å². The second-order valence-electron chi connectivity index (χ2n) is 17.1. The van der Waals surface area contributed by atoms with Gasteiger partial charge in [-0.1, -0.05) is 135 Å². The molecule has 0 bridgehead atoms. The van der Waals surface area contributed by atoms with Gasteiger partial charge >= 0.3 is 0 Å². The largest absolute Gasteiger partial charge is 0.310 e. The maximum Gasteiger partial charge on any atom is 0.0465 e. The summed E-state index contributed by atoms with van der Waals surface area (Å²) in [6.45, 7) is 0. The van der Waals surface area contributed by atoms with E-state index in [2.05, 4.69) is 192 Å². The number of para-hydroxylation sites is 4. The van der Waals surface area contributed by atoms with Crippen LogP contribution in [0.15, 0.2) is 182 Å². The number of nitrogens with zero attached hydrogens (tertiary/aromatic N) is 2. The Kier molecular flexibility index (Phi) is 7.61. The second kappa shape index (κ2) is 13.1. The molecular formula is C56H46N2. The highest BCUT2D eigenvalue weighted by Crippen LogP contribution is 2.63. The molecule has 0 saturated heterocycles. The molecule has 0 heterocycles. The molecule has 0 atom stereocenters. The predicted octanol–water partition coefficient (Wildman–Crippen LogP) is 15.5. The van der Waals surface area contributed by atoms with Gasteiger partial charge in [-0.25, -0.2) is 0 Å². The summed E-state index contributed by atoms with van der Waals surface area (Å²) >= 11 is 0. The maximum atomic E-state index is 2.60. The molecule has 0 N–H and O–H groups in total. The first-order valence-electron chi connectivity index (χ1n) is 21.4. The van der Waals surface area contributed by atoms with Crippen molar-refractivity contribution in [1.82, 2.24) is 0 Å². The lowest BCUT2D eigenvalue weighted by Crippen LogP contribution is -2.31. The van der Waals surface area contributed by atoms with Crippen LogP contribution in [0.25, 0.3) is 33.0 Å². The van der Waals surface area contributed by atoms with E-state index in [-0.39, 0.29) is 10.8 Å². The zero-order valence-electron chi connectivity index (χ0n) is 32.9. The van der Waals surface area contributed by atoms with Crippen molar-refractivity contribution in [3.8, 4) is 22.3 Å². The highest BCUT2D eigenvalue weighted by Gasteiger charge is 2.48. The highest BCUT2D eigenvalue weighted by molar-refractivity contribution is 6.13. The Morgan fingerprint density at radius 1 is 0.276 bits per heavy atom. The minimum Gasteiger partial charge on any atom is -0.310 e. The summed E-state index contributed by atoms with van der Waals surface area (Å²) < 4.78 is 0. The number of hydrogen-bond acceptors (Lipinski definition) is 2. The zero-order chi connectivity index (χ0) is 38.3. The van der Waals surface area contributed by atoms with Crippen molar-refractivity contribution in [3.63, 3.8) is 0 Å². The summed E-state index contributed by atoms with van der Waals surface area (Å²) in [5.74, 6) is 0. The summed E-state index contributed by atoms with van der Waals surface area (Å²) in [7, 11) is 0. The lowest BCUT2D eigenvalue weighted by atomic mass is 9.60. The van der Waals surface area contributed by atoms with Gasteiger partial charge in [0.2, 0.25) is 0 Å². The van der Waals surface area contributed by atoms with E-state index in [0.29, 0.717) is 0 Å². The predicted molar refractivity (Wildman–Crippen MR) is 243 cm³/mol. The van der Waals surface area contributed by atoms with Gasteiger partial charge in [0.1, 0.15) is 0 Å². The van der Waals surface area contributed by atoms with E-state index in [4.69, 9.17) is 0 Å². The molecular weight excluding hydrogens is 701 g/mol. The Hall–Kier alpha value is -6.38. The standard InChI is InChI=1S/C56H46N2/c1-5-17-39(18-6-1)57(40-19-7-2-8-20-40)43-25-27-45-47-29-30-48-46-28-26-44(58(41-21-9-3-10-22-41)42-23-11-4-12-24-42)38-52(46)56(35-15-16-36-56)50-32-31-49(53(47)54(48)50)55(51(45)37-43)33-13-14-34-55/h1-12,17-32,37-38H,13-16,33-36H2. The lowest BCUT2D eigenvalue weighted by molar-refractivity contribution is 0.529. The third-order valence-corrected chi connectivity index (χ3v) is 14.3. The Bertz CT molecular complexity index is 2560. The smallest absolute Gasteiger partial charge is 0.0465 e. The molecule has 8 aromatic rings. The van der Waals surface area contributed by atoms with E-state index in [0.717, 1.165) is 0 Å². The van der Waals surface area contributed by atoms with Crippen LogP contribution in [0.2, 0.25) is 0 Å². The van der Waals surface area contributed by atoms with Gasteiger partial charge in [-0.3, -0.25) is 0 Å². The van der Waals surface area contributed by atoms with Crippen LogP contribution in [0.5, 0.6) is 0 Å². The molecule has 2 fully saturated rings. The Labute approximate surface area is 342 Å². The maximum absolute atomic E-state index is 2.60. The molecule has 2 spiro atoms.